The van der Waals surface area contributed by atoms with E-state index in [0.717, 1.165) is 30.2 Å². The van der Waals surface area contributed by atoms with Crippen molar-refractivity contribution in [3.05, 3.63) is 41.7 Å². The Kier molecular flexibility index (Phi) is 2.44. The average molecular weight is 231 g/mol. The first-order chi connectivity index (χ1) is 8.22. The van der Waals surface area contributed by atoms with Gasteiger partial charge in [0, 0.05) is 11.1 Å². The molecule has 1 aliphatic rings. The molecule has 1 radical (unpaired) electrons. The third-order valence-electron chi connectivity index (χ3n) is 3.66. The Morgan fingerprint density at radius 1 is 1.41 bits per heavy atom. The van der Waals surface area contributed by atoms with E-state index in [0.29, 0.717) is 0 Å². The molecular formula is C14H16FN2. The summed E-state index contributed by atoms with van der Waals surface area (Å²) in [6.45, 7) is 1.96. The summed E-state index contributed by atoms with van der Waals surface area (Å²) in [4.78, 5) is 0. The average Bonchev–Trinajstić information content (AvgIpc) is 2.88. The largest absolute Gasteiger partial charge is 0.328 e. The van der Waals surface area contributed by atoms with Crippen LogP contribution >= 0.6 is 0 Å². The summed E-state index contributed by atoms with van der Waals surface area (Å²) in [6, 6.07) is 4.99. The van der Waals surface area contributed by atoms with Gasteiger partial charge in [0.05, 0.1) is 11.7 Å². The van der Waals surface area contributed by atoms with Gasteiger partial charge >= 0.3 is 0 Å². The van der Waals surface area contributed by atoms with Crippen LogP contribution < -0.4 is 5.73 Å². The fraction of sp³-hybridized carbons (Fsp3) is 0.357. The number of nitrogens with two attached hydrogens (primary N) is 1. The van der Waals surface area contributed by atoms with Crippen LogP contribution in [0.15, 0.2) is 18.2 Å². The smallest absolute Gasteiger partial charge is 0.123 e. The molecule has 1 aromatic heterocycles. The number of rotatable bonds is 2. The number of hydrogen-bond donors (Lipinski definition) is 1. The minimum atomic E-state index is -0.168. The molecule has 1 aliphatic carbocycles. The predicted molar refractivity (Wildman–Crippen MR) is 67.1 cm³/mol. The van der Waals surface area contributed by atoms with Crippen molar-refractivity contribution in [3.8, 4) is 0 Å². The molecule has 2 aromatic rings. The molecule has 0 saturated heterocycles. The van der Waals surface area contributed by atoms with E-state index in [2.05, 4.69) is 4.57 Å². The third kappa shape index (κ3) is 1.49. The van der Waals surface area contributed by atoms with E-state index in [1.165, 1.54) is 17.3 Å². The summed E-state index contributed by atoms with van der Waals surface area (Å²) in [7, 11) is 0. The lowest BCUT2D eigenvalue weighted by Crippen LogP contribution is -2.19. The molecular weight excluding hydrogens is 215 g/mol. The Morgan fingerprint density at radius 3 is 3.00 bits per heavy atom. The summed E-state index contributed by atoms with van der Waals surface area (Å²) in [6.07, 6.45) is 5.09. The molecule has 0 bridgehead atoms. The highest BCUT2D eigenvalue weighted by molar-refractivity contribution is 5.86. The normalized spacial score (nSPS) is 16.4. The molecule has 17 heavy (non-hydrogen) atoms. The van der Waals surface area contributed by atoms with Crippen LogP contribution in [0.1, 0.15) is 30.8 Å². The zero-order chi connectivity index (χ0) is 12.0. The Morgan fingerprint density at radius 2 is 2.24 bits per heavy atom. The number of fused-ring (bicyclic) bond motifs is 3. The van der Waals surface area contributed by atoms with E-state index in [1.54, 1.807) is 6.07 Å². The molecule has 0 spiro atoms. The van der Waals surface area contributed by atoms with Gasteiger partial charge in [0.25, 0.3) is 0 Å². The molecule has 0 aliphatic heterocycles. The lowest BCUT2D eigenvalue weighted by atomic mass is 10.1. The highest BCUT2D eigenvalue weighted by atomic mass is 19.1. The van der Waals surface area contributed by atoms with Crippen molar-refractivity contribution in [2.75, 3.05) is 0 Å². The van der Waals surface area contributed by atoms with Crippen molar-refractivity contribution in [1.82, 2.24) is 4.57 Å². The Bertz CT molecular complexity index is 571. The van der Waals surface area contributed by atoms with E-state index >= 15 is 0 Å². The van der Waals surface area contributed by atoms with Gasteiger partial charge in [-0.25, -0.2) is 4.39 Å². The van der Waals surface area contributed by atoms with Crippen LogP contribution in [-0.2, 0) is 12.8 Å². The number of hydrogen-bond acceptors (Lipinski definition) is 1. The van der Waals surface area contributed by atoms with E-state index in [-0.39, 0.29) is 12.0 Å². The minimum Gasteiger partial charge on any atom is -0.328 e. The maximum absolute atomic E-state index is 13.3. The number of benzene rings is 1. The molecule has 3 rings (SSSR count). The minimum absolute atomic E-state index is 0.121. The second-order valence-electron chi connectivity index (χ2n) is 4.63. The maximum atomic E-state index is 13.3. The fourth-order valence-corrected chi connectivity index (χ4v) is 2.88. The van der Waals surface area contributed by atoms with Crippen LogP contribution in [0.3, 0.4) is 0 Å². The molecule has 0 fully saturated rings. The van der Waals surface area contributed by atoms with E-state index in [9.17, 15) is 4.39 Å². The summed E-state index contributed by atoms with van der Waals surface area (Å²) in [5.41, 5.74) is 9.76. The van der Waals surface area contributed by atoms with E-state index in [1.807, 2.05) is 19.4 Å². The van der Waals surface area contributed by atoms with Gasteiger partial charge in [-0.15, -0.1) is 0 Å². The van der Waals surface area contributed by atoms with Crippen LogP contribution in [0.5, 0.6) is 0 Å². The third-order valence-corrected chi connectivity index (χ3v) is 3.66. The van der Waals surface area contributed by atoms with Crippen molar-refractivity contribution in [2.45, 2.75) is 32.4 Å². The van der Waals surface area contributed by atoms with E-state index in [4.69, 9.17) is 5.73 Å². The van der Waals surface area contributed by atoms with Gasteiger partial charge in [0.2, 0.25) is 0 Å². The molecule has 1 heterocycles. The molecule has 2 nitrogen and oxygen atoms in total. The van der Waals surface area contributed by atoms with Crippen molar-refractivity contribution < 1.29 is 4.39 Å². The Hall–Kier alpha value is -1.35. The Labute approximate surface area is 100 Å². The van der Waals surface area contributed by atoms with Gasteiger partial charge in [-0.2, -0.15) is 0 Å². The SMILES string of the molecule is C[CH][C@@H](N)n1c2c(c3cc(F)ccc31)CCC2. The highest BCUT2D eigenvalue weighted by Crippen LogP contribution is 2.35. The lowest BCUT2D eigenvalue weighted by Gasteiger charge is -2.16. The molecule has 0 unspecified atom stereocenters. The number of aromatic nitrogens is 1. The number of aryl methyl sites for hydroxylation is 1. The van der Waals surface area contributed by atoms with Gasteiger partial charge in [-0.1, -0.05) is 6.92 Å². The van der Waals surface area contributed by atoms with Crippen molar-refractivity contribution in [2.24, 2.45) is 5.73 Å². The van der Waals surface area contributed by atoms with Crippen molar-refractivity contribution >= 4 is 10.9 Å². The lowest BCUT2D eigenvalue weighted by molar-refractivity contribution is 0.588. The first-order valence-electron chi connectivity index (χ1n) is 6.08. The molecule has 2 N–H and O–H groups in total. The van der Waals surface area contributed by atoms with Crippen molar-refractivity contribution in [1.29, 1.82) is 0 Å². The first-order valence-corrected chi connectivity index (χ1v) is 6.08. The van der Waals surface area contributed by atoms with Gasteiger partial charge in [-0.3, -0.25) is 0 Å². The highest BCUT2D eigenvalue weighted by Gasteiger charge is 2.23. The standard InChI is InChI=1S/C14H16FN2/c1-2-14(16)17-12-5-3-4-10(12)11-8-9(15)6-7-13(11)17/h2,6-8,14H,3-5,16H2,1H3/t14-/m0/s1. The molecule has 1 atom stereocenters. The summed E-state index contributed by atoms with van der Waals surface area (Å²) < 4.78 is 15.5. The van der Waals surface area contributed by atoms with Gasteiger partial charge in [0.15, 0.2) is 0 Å². The topological polar surface area (TPSA) is 30.9 Å². The maximum Gasteiger partial charge on any atom is 0.123 e. The van der Waals surface area contributed by atoms with Crippen LogP contribution in [0.25, 0.3) is 10.9 Å². The molecule has 1 aromatic carbocycles. The Balaban J connectivity index is 2.33. The van der Waals surface area contributed by atoms with Crippen LogP contribution in [-0.4, -0.2) is 4.57 Å². The van der Waals surface area contributed by atoms with E-state index < -0.39 is 0 Å². The van der Waals surface area contributed by atoms with Gasteiger partial charge in [-0.05, 0) is 49.4 Å². The zero-order valence-electron chi connectivity index (χ0n) is 9.91. The fourth-order valence-electron chi connectivity index (χ4n) is 2.88. The second-order valence-corrected chi connectivity index (χ2v) is 4.63. The van der Waals surface area contributed by atoms with Gasteiger partial charge < -0.3 is 10.3 Å². The van der Waals surface area contributed by atoms with Gasteiger partial charge in [0.1, 0.15) is 5.82 Å². The first kappa shape index (κ1) is 10.8. The molecule has 0 saturated carbocycles. The molecule has 3 heteroatoms. The second kappa shape index (κ2) is 3.84. The quantitative estimate of drug-likeness (QED) is 0.846. The predicted octanol–water partition coefficient (Wildman–Crippen LogP) is 2.95. The monoisotopic (exact) mass is 231 g/mol. The summed E-state index contributed by atoms with van der Waals surface area (Å²) in [5.74, 6) is -0.168. The summed E-state index contributed by atoms with van der Waals surface area (Å²) >= 11 is 0. The number of nitrogens with zero attached hydrogens (tertiary/aromatic N) is 1. The number of halogens is 1. The summed E-state index contributed by atoms with van der Waals surface area (Å²) in [5, 5.41) is 1.04. The van der Waals surface area contributed by atoms with Crippen molar-refractivity contribution in [3.63, 3.8) is 0 Å². The molecule has 0 amide bonds. The van der Waals surface area contributed by atoms with Crippen LogP contribution in [0, 0.1) is 12.2 Å². The molecule has 89 valence electrons. The zero-order valence-corrected chi connectivity index (χ0v) is 9.91. The van der Waals surface area contributed by atoms with Crippen LogP contribution in [0.2, 0.25) is 0 Å². The van der Waals surface area contributed by atoms with Crippen LogP contribution in [0.4, 0.5) is 4.39 Å².